The van der Waals surface area contributed by atoms with Crippen molar-refractivity contribution in [2.45, 2.75) is 13.3 Å². The van der Waals surface area contributed by atoms with Gasteiger partial charge in [-0.2, -0.15) is 0 Å². The van der Waals surface area contributed by atoms with Crippen molar-refractivity contribution in [1.29, 1.82) is 0 Å². The van der Waals surface area contributed by atoms with E-state index in [4.69, 9.17) is 10.8 Å². The average molecular weight is 195 g/mol. The van der Waals surface area contributed by atoms with Gasteiger partial charge in [0.05, 0.1) is 0 Å². The SMILES string of the molecule is Cc1cc(F)c(C=CCCO)cc1N. The van der Waals surface area contributed by atoms with Gasteiger partial charge in [-0.15, -0.1) is 0 Å². The molecule has 0 amide bonds. The van der Waals surface area contributed by atoms with Crippen LogP contribution in [0.3, 0.4) is 0 Å². The summed E-state index contributed by atoms with van der Waals surface area (Å²) in [5.41, 5.74) is 7.42. The standard InChI is InChI=1S/C11H14FNO/c1-8-6-10(12)9(7-11(8)13)4-2-3-5-14/h2,4,6-7,14H,3,5,13H2,1H3. The fourth-order valence-corrected chi connectivity index (χ4v) is 1.12. The van der Waals surface area contributed by atoms with Crippen molar-refractivity contribution in [2.24, 2.45) is 0 Å². The van der Waals surface area contributed by atoms with Crippen LogP contribution in [-0.2, 0) is 0 Å². The molecule has 1 aromatic carbocycles. The van der Waals surface area contributed by atoms with Gasteiger partial charge in [0.25, 0.3) is 0 Å². The highest BCUT2D eigenvalue weighted by atomic mass is 19.1. The predicted octanol–water partition coefficient (Wildman–Crippen LogP) is 2.11. The van der Waals surface area contributed by atoms with E-state index >= 15 is 0 Å². The number of aliphatic hydroxyl groups is 1. The summed E-state index contributed by atoms with van der Waals surface area (Å²) in [6.07, 6.45) is 3.86. The summed E-state index contributed by atoms with van der Waals surface area (Å²) >= 11 is 0. The maximum absolute atomic E-state index is 13.3. The Morgan fingerprint density at radius 3 is 2.86 bits per heavy atom. The lowest BCUT2D eigenvalue weighted by atomic mass is 10.1. The predicted molar refractivity (Wildman–Crippen MR) is 56.3 cm³/mol. The number of nitrogen functional groups attached to an aromatic ring is 1. The van der Waals surface area contributed by atoms with Gasteiger partial charge in [-0.05, 0) is 31.0 Å². The van der Waals surface area contributed by atoms with Crippen molar-refractivity contribution in [1.82, 2.24) is 0 Å². The van der Waals surface area contributed by atoms with Gasteiger partial charge in [0.15, 0.2) is 0 Å². The molecule has 0 radical (unpaired) electrons. The first kappa shape index (κ1) is 10.7. The van der Waals surface area contributed by atoms with Gasteiger partial charge in [-0.3, -0.25) is 0 Å². The number of aliphatic hydroxyl groups excluding tert-OH is 1. The highest BCUT2D eigenvalue weighted by molar-refractivity contribution is 5.59. The van der Waals surface area contributed by atoms with E-state index in [1.165, 1.54) is 6.07 Å². The lowest BCUT2D eigenvalue weighted by Crippen LogP contribution is -1.93. The Bertz CT molecular complexity index is 347. The Labute approximate surface area is 82.9 Å². The van der Waals surface area contributed by atoms with Crippen molar-refractivity contribution in [3.8, 4) is 0 Å². The first-order chi connectivity index (χ1) is 6.65. The minimum atomic E-state index is -0.286. The third-order valence-corrected chi connectivity index (χ3v) is 1.98. The molecule has 0 heterocycles. The molecule has 0 atom stereocenters. The maximum Gasteiger partial charge on any atom is 0.130 e. The summed E-state index contributed by atoms with van der Waals surface area (Å²) in [6, 6.07) is 3.01. The molecule has 0 aliphatic rings. The van der Waals surface area contributed by atoms with Crippen molar-refractivity contribution < 1.29 is 9.50 Å². The van der Waals surface area contributed by atoms with Crippen LogP contribution in [0.5, 0.6) is 0 Å². The molecule has 0 aromatic heterocycles. The van der Waals surface area contributed by atoms with E-state index in [9.17, 15) is 4.39 Å². The second-order valence-corrected chi connectivity index (χ2v) is 3.14. The highest BCUT2D eigenvalue weighted by Crippen LogP contribution is 2.18. The highest BCUT2D eigenvalue weighted by Gasteiger charge is 2.01. The topological polar surface area (TPSA) is 46.2 Å². The summed E-state index contributed by atoms with van der Waals surface area (Å²) in [6.45, 7) is 1.83. The second kappa shape index (κ2) is 4.77. The Kier molecular flexibility index (Phi) is 3.65. The van der Waals surface area contributed by atoms with E-state index < -0.39 is 0 Å². The first-order valence-corrected chi connectivity index (χ1v) is 4.48. The lowest BCUT2D eigenvalue weighted by Gasteiger charge is -2.02. The number of anilines is 1. The van der Waals surface area contributed by atoms with Gasteiger partial charge in [0, 0.05) is 17.9 Å². The van der Waals surface area contributed by atoms with E-state index in [2.05, 4.69) is 0 Å². The zero-order valence-corrected chi connectivity index (χ0v) is 8.13. The van der Waals surface area contributed by atoms with Crippen LogP contribution in [0.15, 0.2) is 18.2 Å². The quantitative estimate of drug-likeness (QED) is 0.725. The third kappa shape index (κ3) is 2.57. The molecule has 0 bridgehead atoms. The zero-order valence-electron chi connectivity index (χ0n) is 8.13. The fourth-order valence-electron chi connectivity index (χ4n) is 1.12. The number of benzene rings is 1. The fraction of sp³-hybridized carbons (Fsp3) is 0.273. The van der Waals surface area contributed by atoms with E-state index in [0.717, 1.165) is 5.56 Å². The van der Waals surface area contributed by atoms with Crippen LogP contribution >= 0.6 is 0 Å². The molecule has 14 heavy (non-hydrogen) atoms. The van der Waals surface area contributed by atoms with Crippen molar-refractivity contribution in [2.75, 3.05) is 12.3 Å². The Morgan fingerprint density at radius 2 is 2.21 bits per heavy atom. The summed E-state index contributed by atoms with van der Waals surface area (Å²) in [4.78, 5) is 0. The molecule has 0 fully saturated rings. The average Bonchev–Trinajstić information content (AvgIpc) is 2.14. The van der Waals surface area contributed by atoms with Gasteiger partial charge in [-0.25, -0.2) is 4.39 Å². The largest absolute Gasteiger partial charge is 0.398 e. The lowest BCUT2D eigenvalue weighted by molar-refractivity contribution is 0.303. The van der Waals surface area contributed by atoms with E-state index in [1.807, 2.05) is 0 Å². The molecule has 3 N–H and O–H groups in total. The van der Waals surface area contributed by atoms with Crippen LogP contribution in [0.2, 0.25) is 0 Å². The Balaban J connectivity index is 2.92. The molecular formula is C11H14FNO. The minimum absolute atomic E-state index is 0.0689. The molecule has 2 nitrogen and oxygen atoms in total. The second-order valence-electron chi connectivity index (χ2n) is 3.14. The smallest absolute Gasteiger partial charge is 0.130 e. The van der Waals surface area contributed by atoms with Crippen LogP contribution in [-0.4, -0.2) is 11.7 Å². The molecule has 0 aliphatic carbocycles. The normalized spacial score (nSPS) is 11.1. The Hall–Kier alpha value is -1.35. The van der Waals surface area contributed by atoms with Crippen LogP contribution < -0.4 is 5.73 Å². The van der Waals surface area contributed by atoms with Gasteiger partial charge in [0.2, 0.25) is 0 Å². The first-order valence-electron chi connectivity index (χ1n) is 4.48. The van der Waals surface area contributed by atoms with E-state index in [0.29, 0.717) is 17.7 Å². The number of halogens is 1. The van der Waals surface area contributed by atoms with Gasteiger partial charge >= 0.3 is 0 Å². The van der Waals surface area contributed by atoms with E-state index in [1.54, 1.807) is 25.1 Å². The number of hydrogen-bond donors (Lipinski definition) is 2. The van der Waals surface area contributed by atoms with Crippen molar-refractivity contribution in [3.05, 3.63) is 35.2 Å². The van der Waals surface area contributed by atoms with Gasteiger partial charge in [0.1, 0.15) is 5.82 Å². The van der Waals surface area contributed by atoms with Gasteiger partial charge < -0.3 is 10.8 Å². The van der Waals surface area contributed by atoms with Crippen LogP contribution in [0, 0.1) is 12.7 Å². The Morgan fingerprint density at radius 1 is 1.50 bits per heavy atom. The van der Waals surface area contributed by atoms with Crippen LogP contribution in [0.1, 0.15) is 17.5 Å². The number of nitrogens with two attached hydrogens (primary N) is 1. The number of rotatable bonds is 3. The summed E-state index contributed by atoms with van der Waals surface area (Å²) in [5, 5.41) is 8.54. The molecule has 0 unspecified atom stereocenters. The molecule has 0 aliphatic heterocycles. The van der Waals surface area contributed by atoms with Crippen molar-refractivity contribution >= 4 is 11.8 Å². The molecule has 1 aromatic rings. The van der Waals surface area contributed by atoms with Crippen LogP contribution in [0.25, 0.3) is 6.08 Å². The maximum atomic E-state index is 13.3. The molecule has 0 spiro atoms. The summed E-state index contributed by atoms with van der Waals surface area (Å²) < 4.78 is 13.3. The van der Waals surface area contributed by atoms with Crippen LogP contribution in [0.4, 0.5) is 10.1 Å². The third-order valence-electron chi connectivity index (χ3n) is 1.98. The molecular weight excluding hydrogens is 181 g/mol. The monoisotopic (exact) mass is 195 g/mol. The molecule has 0 saturated carbocycles. The summed E-state index contributed by atoms with van der Waals surface area (Å²) in [7, 11) is 0. The summed E-state index contributed by atoms with van der Waals surface area (Å²) in [5.74, 6) is -0.286. The zero-order chi connectivity index (χ0) is 10.6. The van der Waals surface area contributed by atoms with Crippen molar-refractivity contribution in [3.63, 3.8) is 0 Å². The molecule has 3 heteroatoms. The number of aryl methyl sites for hydroxylation is 1. The number of hydrogen-bond acceptors (Lipinski definition) is 2. The van der Waals surface area contributed by atoms with E-state index in [-0.39, 0.29) is 12.4 Å². The minimum Gasteiger partial charge on any atom is -0.398 e. The van der Waals surface area contributed by atoms with Gasteiger partial charge in [-0.1, -0.05) is 12.2 Å². The molecule has 0 saturated heterocycles. The molecule has 76 valence electrons. The molecule has 1 rings (SSSR count).